The van der Waals surface area contributed by atoms with Crippen molar-refractivity contribution in [2.75, 3.05) is 6.54 Å². The fourth-order valence-corrected chi connectivity index (χ4v) is 4.09. The summed E-state index contributed by atoms with van der Waals surface area (Å²) < 4.78 is 0. The first-order chi connectivity index (χ1) is 12.8. The van der Waals surface area contributed by atoms with Crippen molar-refractivity contribution in [1.29, 1.82) is 0 Å². The molecule has 4 nitrogen and oxygen atoms in total. The van der Waals surface area contributed by atoms with Crippen LogP contribution in [0.4, 0.5) is 0 Å². The van der Waals surface area contributed by atoms with Crippen LogP contribution in [0.2, 0.25) is 0 Å². The maximum atomic E-state index is 13.0. The van der Waals surface area contributed by atoms with E-state index in [0.29, 0.717) is 18.4 Å². The lowest BCUT2D eigenvalue weighted by Crippen LogP contribution is -2.37. The van der Waals surface area contributed by atoms with Crippen LogP contribution < -0.4 is 0 Å². The molecule has 4 heteroatoms. The van der Waals surface area contributed by atoms with Crippen molar-refractivity contribution in [1.82, 2.24) is 15.1 Å². The highest BCUT2D eigenvalue weighted by Crippen LogP contribution is 2.48. The van der Waals surface area contributed by atoms with Crippen molar-refractivity contribution in [2.24, 2.45) is 5.92 Å². The molecule has 5 rings (SSSR count). The van der Waals surface area contributed by atoms with Crippen LogP contribution in [0.3, 0.4) is 0 Å². The zero-order valence-corrected chi connectivity index (χ0v) is 14.6. The third-order valence-corrected chi connectivity index (χ3v) is 5.63. The predicted octanol–water partition coefficient (Wildman–Crippen LogP) is 3.77. The Morgan fingerprint density at radius 3 is 2.54 bits per heavy atom. The third kappa shape index (κ3) is 2.62. The summed E-state index contributed by atoms with van der Waals surface area (Å²) in [5, 5.41) is 7.70. The first-order valence-electron chi connectivity index (χ1n) is 9.26. The second kappa shape index (κ2) is 6.13. The first-order valence-corrected chi connectivity index (χ1v) is 9.26. The molecule has 1 aliphatic carbocycles. The van der Waals surface area contributed by atoms with Gasteiger partial charge in [-0.25, -0.2) is 0 Å². The van der Waals surface area contributed by atoms with Crippen molar-refractivity contribution in [3.63, 3.8) is 0 Å². The summed E-state index contributed by atoms with van der Waals surface area (Å²) >= 11 is 0. The van der Waals surface area contributed by atoms with Crippen LogP contribution in [0.5, 0.6) is 0 Å². The Morgan fingerprint density at radius 1 is 1.04 bits per heavy atom. The second-order valence-electron chi connectivity index (χ2n) is 7.26. The van der Waals surface area contributed by atoms with Gasteiger partial charge in [0, 0.05) is 42.2 Å². The number of carbonyl (C=O) groups excluding carboxylic acids is 1. The van der Waals surface area contributed by atoms with Crippen LogP contribution in [0, 0.1) is 5.92 Å². The lowest BCUT2D eigenvalue weighted by Gasteiger charge is -2.27. The summed E-state index contributed by atoms with van der Waals surface area (Å²) in [6.07, 6.45) is 1.83. The maximum Gasteiger partial charge on any atom is 0.226 e. The number of H-pyrrole nitrogens is 1. The molecule has 1 aromatic heterocycles. The standard InChI is InChI=1S/C22H21N3O/c26-22(18-13-17(18)15-7-3-1-4-8-15)25-12-11-20-19(14-25)21(24-23-20)16-9-5-2-6-10-16/h1-10,17-18H,11-14H2,(H,23,24)/t17-,18?/m0/s1. The van der Waals surface area contributed by atoms with Gasteiger partial charge in [-0.3, -0.25) is 9.89 Å². The number of benzene rings is 2. The molecule has 1 amide bonds. The molecule has 0 bridgehead atoms. The summed E-state index contributed by atoms with van der Waals surface area (Å²) in [5.74, 6) is 0.832. The van der Waals surface area contributed by atoms with Crippen molar-refractivity contribution in [2.45, 2.75) is 25.3 Å². The molecule has 1 unspecified atom stereocenters. The molecule has 2 heterocycles. The highest BCUT2D eigenvalue weighted by molar-refractivity contribution is 5.83. The minimum atomic E-state index is 0.144. The summed E-state index contributed by atoms with van der Waals surface area (Å²) in [5.41, 5.74) is 5.72. The lowest BCUT2D eigenvalue weighted by molar-refractivity contribution is -0.133. The van der Waals surface area contributed by atoms with Crippen LogP contribution in [0.15, 0.2) is 60.7 Å². The third-order valence-electron chi connectivity index (χ3n) is 5.63. The van der Waals surface area contributed by atoms with Gasteiger partial charge in [0.15, 0.2) is 0 Å². The lowest BCUT2D eigenvalue weighted by atomic mass is 10.0. The van der Waals surface area contributed by atoms with E-state index in [1.54, 1.807) is 0 Å². The Labute approximate surface area is 152 Å². The maximum absolute atomic E-state index is 13.0. The van der Waals surface area contributed by atoms with Crippen LogP contribution >= 0.6 is 0 Å². The largest absolute Gasteiger partial charge is 0.338 e. The van der Waals surface area contributed by atoms with Gasteiger partial charge in [-0.05, 0) is 17.9 Å². The first kappa shape index (κ1) is 15.4. The van der Waals surface area contributed by atoms with Crippen molar-refractivity contribution in [3.05, 3.63) is 77.5 Å². The number of amides is 1. The highest BCUT2D eigenvalue weighted by atomic mass is 16.2. The minimum Gasteiger partial charge on any atom is -0.338 e. The van der Waals surface area contributed by atoms with Crippen LogP contribution in [0.25, 0.3) is 11.3 Å². The summed E-state index contributed by atoms with van der Waals surface area (Å²) in [6, 6.07) is 20.6. The van der Waals surface area contributed by atoms with E-state index in [-0.39, 0.29) is 5.92 Å². The molecular weight excluding hydrogens is 322 g/mol. The van der Waals surface area contributed by atoms with Gasteiger partial charge in [-0.2, -0.15) is 5.10 Å². The molecule has 1 saturated carbocycles. The highest BCUT2D eigenvalue weighted by Gasteiger charge is 2.46. The van der Waals surface area contributed by atoms with E-state index >= 15 is 0 Å². The number of fused-ring (bicyclic) bond motifs is 1. The monoisotopic (exact) mass is 343 g/mol. The van der Waals surface area contributed by atoms with Gasteiger partial charge in [0.05, 0.1) is 5.69 Å². The summed E-state index contributed by atoms with van der Waals surface area (Å²) in [4.78, 5) is 15.0. The van der Waals surface area contributed by atoms with E-state index in [2.05, 4.69) is 46.6 Å². The van der Waals surface area contributed by atoms with Gasteiger partial charge in [-0.1, -0.05) is 60.7 Å². The Kier molecular flexibility index (Phi) is 3.63. The van der Waals surface area contributed by atoms with Gasteiger partial charge >= 0.3 is 0 Å². The molecule has 3 aromatic rings. The van der Waals surface area contributed by atoms with Gasteiger partial charge < -0.3 is 4.90 Å². The van der Waals surface area contributed by atoms with E-state index in [1.165, 1.54) is 16.8 Å². The Bertz CT molecular complexity index is 933. The van der Waals surface area contributed by atoms with Gasteiger partial charge in [-0.15, -0.1) is 0 Å². The second-order valence-corrected chi connectivity index (χ2v) is 7.26. The molecular formula is C22H21N3O. The molecule has 2 aromatic carbocycles. The Morgan fingerprint density at radius 2 is 1.77 bits per heavy atom. The molecule has 0 radical (unpaired) electrons. The molecule has 2 atom stereocenters. The average molecular weight is 343 g/mol. The fourth-order valence-electron chi connectivity index (χ4n) is 4.09. The van der Waals surface area contributed by atoms with Crippen molar-refractivity contribution >= 4 is 5.91 Å². The predicted molar refractivity (Wildman–Crippen MR) is 100 cm³/mol. The number of aromatic amines is 1. The molecule has 130 valence electrons. The van der Waals surface area contributed by atoms with Crippen molar-refractivity contribution < 1.29 is 4.79 Å². The number of aromatic nitrogens is 2. The Hall–Kier alpha value is -2.88. The number of hydrogen-bond donors (Lipinski definition) is 1. The molecule has 0 saturated heterocycles. The quantitative estimate of drug-likeness (QED) is 0.787. The van der Waals surface area contributed by atoms with E-state index in [1.807, 2.05) is 29.2 Å². The van der Waals surface area contributed by atoms with E-state index in [9.17, 15) is 4.79 Å². The fraction of sp³-hybridized carbons (Fsp3) is 0.273. The SMILES string of the molecule is O=C(C1C[C@H]1c1ccccc1)N1CCc2[nH]nc(-c3ccccc3)c2C1. The normalized spacial score (nSPS) is 21.3. The Balaban J connectivity index is 1.35. The van der Waals surface area contributed by atoms with Crippen LogP contribution in [0.1, 0.15) is 29.2 Å². The van der Waals surface area contributed by atoms with E-state index in [4.69, 9.17) is 0 Å². The topological polar surface area (TPSA) is 49.0 Å². The van der Waals surface area contributed by atoms with Gasteiger partial charge in [0.1, 0.15) is 0 Å². The summed E-state index contributed by atoms with van der Waals surface area (Å²) in [6.45, 7) is 1.44. The van der Waals surface area contributed by atoms with E-state index < -0.39 is 0 Å². The smallest absolute Gasteiger partial charge is 0.226 e. The van der Waals surface area contributed by atoms with E-state index in [0.717, 1.165) is 30.6 Å². The average Bonchev–Trinajstić information content (AvgIpc) is 3.40. The van der Waals surface area contributed by atoms with Gasteiger partial charge in [0.2, 0.25) is 5.91 Å². The zero-order chi connectivity index (χ0) is 17.5. The molecule has 1 aliphatic heterocycles. The minimum absolute atomic E-state index is 0.144. The van der Waals surface area contributed by atoms with Crippen LogP contribution in [-0.2, 0) is 17.8 Å². The van der Waals surface area contributed by atoms with Crippen molar-refractivity contribution in [3.8, 4) is 11.3 Å². The number of rotatable bonds is 3. The number of hydrogen-bond acceptors (Lipinski definition) is 2. The molecule has 1 fully saturated rings. The number of nitrogens with zero attached hydrogens (tertiary/aromatic N) is 2. The molecule has 0 spiro atoms. The molecule has 1 N–H and O–H groups in total. The summed E-state index contributed by atoms with van der Waals surface area (Å²) in [7, 11) is 0. The number of carbonyl (C=O) groups is 1. The number of nitrogens with one attached hydrogen (secondary N) is 1. The molecule has 2 aliphatic rings. The zero-order valence-electron chi connectivity index (χ0n) is 14.6. The van der Waals surface area contributed by atoms with Gasteiger partial charge in [0.25, 0.3) is 0 Å². The van der Waals surface area contributed by atoms with Crippen LogP contribution in [-0.4, -0.2) is 27.5 Å². The molecule has 26 heavy (non-hydrogen) atoms.